The lowest BCUT2D eigenvalue weighted by Crippen LogP contribution is -2.30. The van der Waals surface area contributed by atoms with Crippen molar-refractivity contribution in [3.05, 3.63) is 51.7 Å². The van der Waals surface area contributed by atoms with Crippen molar-refractivity contribution in [1.29, 1.82) is 0 Å². The zero-order valence-electron chi connectivity index (χ0n) is 15.4. The Balaban J connectivity index is 1.82. The maximum Gasteiger partial charge on any atom is 0.307 e. The van der Waals surface area contributed by atoms with Crippen molar-refractivity contribution in [1.82, 2.24) is 0 Å². The van der Waals surface area contributed by atoms with E-state index in [1.807, 2.05) is 13.0 Å². The maximum atomic E-state index is 12.2. The van der Waals surface area contributed by atoms with Gasteiger partial charge in [0.2, 0.25) is 0 Å². The molecule has 0 saturated heterocycles. The number of hydrogen-bond donors (Lipinski definition) is 1. The Bertz CT molecular complexity index is 871. The van der Waals surface area contributed by atoms with Crippen LogP contribution in [0, 0.1) is 6.92 Å². The van der Waals surface area contributed by atoms with Crippen LogP contribution in [0.25, 0.3) is 0 Å². The minimum absolute atomic E-state index is 0.0355. The molecule has 2 aromatic rings. The number of benzene rings is 1. The molecule has 27 heavy (non-hydrogen) atoms. The smallest absolute Gasteiger partial charge is 0.307 e. The molecular weight excluding hydrogens is 366 g/mol. The Morgan fingerprint density at radius 2 is 1.85 bits per heavy atom. The summed E-state index contributed by atoms with van der Waals surface area (Å²) in [5, 5.41) is 2.60. The second-order valence-corrected chi connectivity index (χ2v) is 7.38. The fourth-order valence-corrected chi connectivity index (χ4v) is 3.13. The van der Waals surface area contributed by atoms with Crippen LogP contribution in [0.3, 0.4) is 0 Å². The van der Waals surface area contributed by atoms with Gasteiger partial charge in [-0.15, -0.1) is 11.3 Å². The molecule has 0 aliphatic heterocycles. The first-order valence-corrected chi connectivity index (χ1v) is 9.29. The molecule has 1 aromatic heterocycles. The summed E-state index contributed by atoms with van der Waals surface area (Å²) in [6, 6.07) is 10.1. The summed E-state index contributed by atoms with van der Waals surface area (Å²) in [6.07, 6.45) is -1.07. The van der Waals surface area contributed by atoms with Crippen LogP contribution in [0.4, 0.5) is 5.69 Å². The van der Waals surface area contributed by atoms with Crippen LogP contribution in [0.2, 0.25) is 0 Å². The van der Waals surface area contributed by atoms with Gasteiger partial charge in [-0.1, -0.05) is 12.1 Å². The van der Waals surface area contributed by atoms with Crippen LogP contribution in [-0.4, -0.2) is 29.5 Å². The Morgan fingerprint density at radius 1 is 1.11 bits per heavy atom. The summed E-state index contributed by atoms with van der Waals surface area (Å²) < 4.78 is 5.09. The Hall–Kier alpha value is -2.80. The standard InChI is InChI=1S/C20H21NO5S/c1-12-7-9-18(27-12)17(23)8-10-19(24)26-14(3)20(25)21-16-6-4-5-15(11-16)13(2)22/h4-7,9,11,14H,8,10H2,1-3H3,(H,21,25)/t14-/m0/s1. The number of Topliss-reactive ketones (excluding diaryl/α,β-unsaturated/α-hetero) is 2. The average Bonchev–Trinajstić information content (AvgIpc) is 3.06. The molecule has 0 unspecified atom stereocenters. The summed E-state index contributed by atoms with van der Waals surface area (Å²) in [7, 11) is 0. The minimum Gasteiger partial charge on any atom is -0.453 e. The van der Waals surface area contributed by atoms with Crippen molar-refractivity contribution in [2.24, 2.45) is 0 Å². The monoisotopic (exact) mass is 387 g/mol. The number of esters is 1. The lowest BCUT2D eigenvalue weighted by atomic mass is 10.1. The van der Waals surface area contributed by atoms with Crippen molar-refractivity contribution in [3.63, 3.8) is 0 Å². The van der Waals surface area contributed by atoms with Crippen molar-refractivity contribution in [2.75, 3.05) is 5.32 Å². The lowest BCUT2D eigenvalue weighted by molar-refractivity contribution is -0.153. The summed E-state index contributed by atoms with van der Waals surface area (Å²) >= 11 is 1.38. The van der Waals surface area contributed by atoms with Gasteiger partial charge in [0.05, 0.1) is 11.3 Å². The highest BCUT2D eigenvalue weighted by atomic mass is 32.1. The molecule has 0 aliphatic rings. The molecule has 1 aromatic carbocycles. The van der Waals surface area contributed by atoms with E-state index in [2.05, 4.69) is 5.32 Å². The first-order chi connectivity index (χ1) is 12.8. The van der Waals surface area contributed by atoms with Gasteiger partial charge in [0.1, 0.15) is 0 Å². The highest BCUT2D eigenvalue weighted by Crippen LogP contribution is 2.18. The van der Waals surface area contributed by atoms with Gasteiger partial charge in [-0.05, 0) is 45.0 Å². The van der Waals surface area contributed by atoms with Gasteiger partial charge < -0.3 is 10.1 Å². The molecule has 6 nitrogen and oxygen atoms in total. The van der Waals surface area contributed by atoms with Gasteiger partial charge in [-0.3, -0.25) is 19.2 Å². The maximum absolute atomic E-state index is 12.2. The molecule has 0 aliphatic carbocycles. The minimum atomic E-state index is -1.02. The molecule has 0 fully saturated rings. The summed E-state index contributed by atoms with van der Waals surface area (Å²) in [5.41, 5.74) is 0.915. The van der Waals surface area contributed by atoms with Gasteiger partial charge in [-0.2, -0.15) is 0 Å². The topological polar surface area (TPSA) is 89.5 Å². The van der Waals surface area contributed by atoms with Gasteiger partial charge >= 0.3 is 5.97 Å². The van der Waals surface area contributed by atoms with E-state index in [4.69, 9.17) is 4.74 Å². The highest BCUT2D eigenvalue weighted by molar-refractivity contribution is 7.14. The normalized spacial score (nSPS) is 11.5. The fraction of sp³-hybridized carbons (Fsp3) is 0.300. The van der Waals surface area contributed by atoms with E-state index in [0.717, 1.165) is 4.88 Å². The third kappa shape index (κ3) is 6.14. The number of ether oxygens (including phenoxy) is 1. The van der Waals surface area contributed by atoms with Crippen LogP contribution in [0.1, 0.15) is 51.6 Å². The number of anilines is 1. The van der Waals surface area contributed by atoms with E-state index < -0.39 is 18.0 Å². The van der Waals surface area contributed by atoms with Crippen molar-refractivity contribution < 1.29 is 23.9 Å². The van der Waals surface area contributed by atoms with E-state index in [9.17, 15) is 19.2 Å². The van der Waals surface area contributed by atoms with E-state index in [1.54, 1.807) is 30.3 Å². The second-order valence-electron chi connectivity index (χ2n) is 6.09. The third-order valence-electron chi connectivity index (χ3n) is 3.79. The van der Waals surface area contributed by atoms with Crippen LogP contribution < -0.4 is 5.32 Å². The van der Waals surface area contributed by atoms with E-state index in [-0.39, 0.29) is 24.4 Å². The molecule has 7 heteroatoms. The van der Waals surface area contributed by atoms with Crippen LogP contribution in [0.15, 0.2) is 36.4 Å². The zero-order valence-corrected chi connectivity index (χ0v) is 16.2. The molecule has 1 heterocycles. The number of carbonyl (C=O) groups excluding carboxylic acids is 4. The van der Waals surface area contributed by atoms with Gasteiger partial charge in [0, 0.05) is 22.5 Å². The van der Waals surface area contributed by atoms with Crippen LogP contribution >= 0.6 is 11.3 Å². The number of ketones is 2. The molecule has 0 bridgehead atoms. The largest absolute Gasteiger partial charge is 0.453 e. The molecule has 0 saturated carbocycles. The van der Waals surface area contributed by atoms with Crippen molar-refractivity contribution in [3.8, 4) is 0 Å². The predicted molar refractivity (Wildman–Crippen MR) is 103 cm³/mol. The van der Waals surface area contributed by atoms with E-state index >= 15 is 0 Å². The van der Waals surface area contributed by atoms with Crippen molar-refractivity contribution >= 4 is 40.5 Å². The first-order valence-electron chi connectivity index (χ1n) is 8.47. The highest BCUT2D eigenvalue weighted by Gasteiger charge is 2.19. The molecule has 2 rings (SSSR count). The Kier molecular flexibility index (Phi) is 7.01. The summed E-state index contributed by atoms with van der Waals surface area (Å²) in [6.45, 7) is 4.79. The number of thiophene rings is 1. The first kappa shape index (κ1) is 20.5. The summed E-state index contributed by atoms with van der Waals surface area (Å²) in [4.78, 5) is 49.1. The molecule has 0 radical (unpaired) electrons. The van der Waals surface area contributed by atoms with Gasteiger partial charge in [-0.25, -0.2) is 0 Å². The number of hydrogen-bond acceptors (Lipinski definition) is 6. The van der Waals surface area contributed by atoms with Gasteiger partial charge in [0.15, 0.2) is 17.7 Å². The number of aryl methyl sites for hydroxylation is 1. The predicted octanol–water partition coefficient (Wildman–Crippen LogP) is 3.79. The lowest BCUT2D eigenvalue weighted by Gasteiger charge is -2.13. The zero-order chi connectivity index (χ0) is 20.0. The number of nitrogens with one attached hydrogen (secondary N) is 1. The van der Waals surface area contributed by atoms with Gasteiger partial charge in [0.25, 0.3) is 5.91 Å². The van der Waals surface area contributed by atoms with Crippen LogP contribution in [-0.2, 0) is 14.3 Å². The molecule has 1 N–H and O–H groups in total. The SMILES string of the molecule is CC(=O)c1cccc(NC(=O)[C@H](C)OC(=O)CCC(=O)c2ccc(C)s2)c1. The number of rotatable bonds is 8. The molecule has 1 amide bonds. The quantitative estimate of drug-likeness (QED) is 0.550. The van der Waals surface area contributed by atoms with E-state index in [0.29, 0.717) is 16.1 Å². The molecular formula is C20H21NO5S. The second kappa shape index (κ2) is 9.23. The Labute approximate surface area is 161 Å². The molecule has 1 atom stereocenters. The van der Waals surface area contributed by atoms with Crippen LogP contribution in [0.5, 0.6) is 0 Å². The molecule has 142 valence electrons. The number of amides is 1. The number of carbonyl (C=O) groups is 4. The molecule has 0 spiro atoms. The summed E-state index contributed by atoms with van der Waals surface area (Å²) in [5.74, 6) is -1.36. The Morgan fingerprint density at radius 3 is 2.48 bits per heavy atom. The fourth-order valence-electron chi connectivity index (χ4n) is 2.29. The average molecular weight is 387 g/mol. The van der Waals surface area contributed by atoms with E-state index in [1.165, 1.54) is 25.2 Å². The third-order valence-corrected chi connectivity index (χ3v) is 4.83. The van der Waals surface area contributed by atoms with Crippen molar-refractivity contribution in [2.45, 2.75) is 39.7 Å².